The van der Waals surface area contributed by atoms with Crippen LogP contribution in [0.4, 0.5) is 15.8 Å². The molecule has 0 bridgehead atoms. The molecule has 3 nitrogen and oxygen atoms in total. The van der Waals surface area contributed by atoms with Gasteiger partial charge in [0, 0.05) is 25.2 Å². The summed E-state index contributed by atoms with van der Waals surface area (Å²) < 4.78 is 13.3. The van der Waals surface area contributed by atoms with Gasteiger partial charge in [-0.1, -0.05) is 25.4 Å². The van der Waals surface area contributed by atoms with E-state index in [0.717, 1.165) is 38.3 Å². The van der Waals surface area contributed by atoms with E-state index in [-0.39, 0.29) is 5.02 Å². The highest BCUT2D eigenvalue weighted by Crippen LogP contribution is 2.32. The number of nitrogens with zero attached hydrogens (tertiary/aromatic N) is 2. The predicted molar refractivity (Wildman–Crippen MR) is 79.4 cm³/mol. The van der Waals surface area contributed by atoms with Gasteiger partial charge in [-0.15, -0.1) is 0 Å². The molecule has 1 aliphatic rings. The third-order valence-corrected chi connectivity index (χ3v) is 4.19. The van der Waals surface area contributed by atoms with Gasteiger partial charge in [-0.2, -0.15) is 0 Å². The van der Waals surface area contributed by atoms with Gasteiger partial charge in [0.25, 0.3) is 0 Å². The number of halogens is 2. The Hall–Kier alpha value is -1.00. The molecule has 1 aromatic carbocycles. The fraction of sp³-hybridized carbons (Fsp3) is 0.571. The lowest BCUT2D eigenvalue weighted by Crippen LogP contribution is -2.37. The summed E-state index contributed by atoms with van der Waals surface area (Å²) in [6.07, 6.45) is 1.11. The first-order chi connectivity index (χ1) is 9.06. The molecule has 0 amide bonds. The Morgan fingerprint density at radius 1 is 1.42 bits per heavy atom. The highest BCUT2D eigenvalue weighted by Gasteiger charge is 2.27. The molecule has 0 aromatic heterocycles. The average Bonchev–Trinajstić information content (AvgIpc) is 2.85. The third-order valence-electron chi connectivity index (χ3n) is 3.90. The zero-order chi connectivity index (χ0) is 14.0. The molecule has 106 valence electrons. The Bertz CT molecular complexity index is 449. The van der Waals surface area contributed by atoms with Gasteiger partial charge in [0.1, 0.15) is 5.82 Å². The average molecular weight is 286 g/mol. The minimum Gasteiger partial charge on any atom is -0.397 e. The molecule has 1 heterocycles. The van der Waals surface area contributed by atoms with Crippen molar-refractivity contribution < 1.29 is 4.39 Å². The fourth-order valence-corrected chi connectivity index (χ4v) is 2.98. The lowest BCUT2D eigenvalue weighted by Gasteiger charge is -2.27. The van der Waals surface area contributed by atoms with E-state index in [0.29, 0.717) is 11.7 Å². The number of nitrogen functional groups attached to an aromatic ring is 1. The molecule has 1 atom stereocenters. The highest BCUT2D eigenvalue weighted by atomic mass is 35.5. The van der Waals surface area contributed by atoms with E-state index >= 15 is 0 Å². The minimum atomic E-state index is -0.456. The molecule has 19 heavy (non-hydrogen) atoms. The minimum absolute atomic E-state index is 0.135. The van der Waals surface area contributed by atoms with Gasteiger partial charge < -0.3 is 10.6 Å². The van der Waals surface area contributed by atoms with E-state index in [4.69, 9.17) is 17.3 Å². The molecule has 1 aliphatic heterocycles. The summed E-state index contributed by atoms with van der Waals surface area (Å²) in [5, 5.41) is 0.135. The Labute approximate surface area is 119 Å². The number of likely N-dealkylation sites (N-methyl/N-ethyl adjacent to an activating group) is 1. The van der Waals surface area contributed by atoms with E-state index < -0.39 is 5.82 Å². The predicted octanol–water partition coefficient (Wildman–Crippen LogP) is 2.98. The van der Waals surface area contributed by atoms with E-state index in [9.17, 15) is 4.39 Å². The maximum Gasteiger partial charge on any atom is 0.143 e. The normalized spacial score (nSPS) is 19.4. The Kier molecular flexibility index (Phi) is 4.53. The second kappa shape index (κ2) is 5.97. The topological polar surface area (TPSA) is 32.5 Å². The lowest BCUT2D eigenvalue weighted by atomic mass is 10.2. The maximum absolute atomic E-state index is 13.3. The second-order valence-electron chi connectivity index (χ2n) is 4.93. The number of benzene rings is 1. The summed E-state index contributed by atoms with van der Waals surface area (Å²) in [5.41, 5.74) is 7.21. The molecule has 1 unspecified atom stereocenters. The van der Waals surface area contributed by atoms with Crippen LogP contribution in [0, 0.1) is 5.82 Å². The molecule has 2 N–H and O–H groups in total. The molecule has 1 fully saturated rings. The largest absolute Gasteiger partial charge is 0.397 e. The van der Waals surface area contributed by atoms with Gasteiger partial charge in [-0.25, -0.2) is 4.39 Å². The molecule has 0 aliphatic carbocycles. The first kappa shape index (κ1) is 14.4. The maximum atomic E-state index is 13.3. The molecule has 0 spiro atoms. The van der Waals surface area contributed by atoms with Gasteiger partial charge in [-0.3, -0.25) is 4.90 Å². The first-order valence-corrected chi connectivity index (χ1v) is 7.18. The fourth-order valence-electron chi connectivity index (χ4n) is 2.82. The van der Waals surface area contributed by atoms with E-state index in [1.54, 1.807) is 6.07 Å². The first-order valence-electron chi connectivity index (χ1n) is 6.80. The van der Waals surface area contributed by atoms with E-state index in [1.807, 2.05) is 0 Å². The van der Waals surface area contributed by atoms with Crippen molar-refractivity contribution in [2.24, 2.45) is 0 Å². The van der Waals surface area contributed by atoms with Crippen molar-refractivity contribution in [2.45, 2.75) is 26.3 Å². The highest BCUT2D eigenvalue weighted by molar-refractivity contribution is 6.31. The van der Waals surface area contributed by atoms with Crippen molar-refractivity contribution in [3.63, 3.8) is 0 Å². The van der Waals surface area contributed by atoms with Crippen LogP contribution in [0.5, 0.6) is 0 Å². The Morgan fingerprint density at radius 2 is 2.11 bits per heavy atom. The summed E-state index contributed by atoms with van der Waals surface area (Å²) in [7, 11) is 0. The third kappa shape index (κ3) is 2.95. The van der Waals surface area contributed by atoms with Gasteiger partial charge in [0.05, 0.1) is 16.4 Å². The second-order valence-corrected chi connectivity index (χ2v) is 5.34. The van der Waals surface area contributed by atoms with Crippen molar-refractivity contribution >= 4 is 23.0 Å². The molecule has 2 rings (SSSR count). The van der Waals surface area contributed by atoms with Crippen LogP contribution >= 0.6 is 11.6 Å². The molecular weight excluding hydrogens is 265 g/mol. The summed E-state index contributed by atoms with van der Waals surface area (Å²) in [4.78, 5) is 4.64. The van der Waals surface area contributed by atoms with Crippen molar-refractivity contribution in [1.82, 2.24) is 4.90 Å². The summed E-state index contributed by atoms with van der Waals surface area (Å²) in [6.45, 7) is 8.31. The smallest absolute Gasteiger partial charge is 0.143 e. The molecule has 0 radical (unpaired) electrons. The van der Waals surface area contributed by atoms with Crippen LogP contribution in [0.1, 0.15) is 20.3 Å². The van der Waals surface area contributed by atoms with Gasteiger partial charge in [0.15, 0.2) is 0 Å². The number of hydrogen-bond donors (Lipinski definition) is 1. The quantitative estimate of drug-likeness (QED) is 0.863. The van der Waals surface area contributed by atoms with Crippen molar-refractivity contribution in [3.8, 4) is 0 Å². The van der Waals surface area contributed by atoms with Gasteiger partial charge in [-0.05, 0) is 25.6 Å². The van der Waals surface area contributed by atoms with Crippen LogP contribution in [-0.2, 0) is 0 Å². The zero-order valence-corrected chi connectivity index (χ0v) is 12.3. The van der Waals surface area contributed by atoms with Crippen LogP contribution < -0.4 is 10.6 Å². The molecule has 5 heteroatoms. The molecule has 0 saturated carbocycles. The van der Waals surface area contributed by atoms with Crippen molar-refractivity contribution in [1.29, 1.82) is 0 Å². The number of nitrogens with two attached hydrogens (primary N) is 1. The van der Waals surface area contributed by atoms with Gasteiger partial charge in [0.2, 0.25) is 0 Å². The Morgan fingerprint density at radius 3 is 2.74 bits per heavy atom. The number of rotatable bonds is 4. The summed E-state index contributed by atoms with van der Waals surface area (Å²) >= 11 is 5.85. The summed E-state index contributed by atoms with van der Waals surface area (Å²) in [5.74, 6) is -0.456. The number of anilines is 2. The monoisotopic (exact) mass is 285 g/mol. The molecule has 1 aromatic rings. The zero-order valence-electron chi connectivity index (χ0n) is 11.5. The van der Waals surface area contributed by atoms with E-state index in [1.165, 1.54) is 6.07 Å². The van der Waals surface area contributed by atoms with E-state index in [2.05, 4.69) is 23.6 Å². The van der Waals surface area contributed by atoms with Crippen LogP contribution in [0.3, 0.4) is 0 Å². The van der Waals surface area contributed by atoms with Crippen molar-refractivity contribution in [3.05, 3.63) is 23.0 Å². The number of hydrogen-bond acceptors (Lipinski definition) is 3. The summed E-state index contributed by atoms with van der Waals surface area (Å²) in [6, 6.07) is 3.48. The van der Waals surface area contributed by atoms with Crippen molar-refractivity contribution in [2.75, 3.05) is 36.8 Å². The van der Waals surface area contributed by atoms with Crippen LogP contribution in [0.15, 0.2) is 12.1 Å². The molecule has 1 saturated heterocycles. The van der Waals surface area contributed by atoms with Crippen LogP contribution in [-0.4, -0.2) is 37.1 Å². The SMILES string of the molecule is CCN(CC)C1CCN(c2cc(Cl)c(F)cc2N)C1. The molecular formula is C14H21ClFN3. The van der Waals surface area contributed by atoms with Gasteiger partial charge >= 0.3 is 0 Å². The van der Waals surface area contributed by atoms with Crippen LogP contribution in [0.25, 0.3) is 0 Å². The lowest BCUT2D eigenvalue weighted by molar-refractivity contribution is 0.232. The standard InChI is InChI=1S/C14H21ClFN3/c1-3-18(4-2)10-5-6-19(9-10)14-7-11(15)12(16)8-13(14)17/h7-8,10H,3-6,9,17H2,1-2H3. The Balaban J connectivity index is 2.15. The van der Waals surface area contributed by atoms with Crippen LogP contribution in [0.2, 0.25) is 5.02 Å².